The molecule has 0 unspecified atom stereocenters. The van der Waals surface area contributed by atoms with Gasteiger partial charge in [-0.1, -0.05) is 23.8 Å². The smallest absolute Gasteiger partial charge is 0.410 e. The van der Waals surface area contributed by atoms with Gasteiger partial charge in [0.15, 0.2) is 0 Å². The molecule has 0 saturated heterocycles. The third kappa shape index (κ3) is 7.47. The first kappa shape index (κ1) is 28.5. The summed E-state index contributed by atoms with van der Waals surface area (Å²) in [6.07, 6.45) is 3.74. The number of rotatable bonds is 4. The van der Waals surface area contributed by atoms with Gasteiger partial charge in [-0.3, -0.25) is 4.98 Å². The van der Waals surface area contributed by atoms with Crippen molar-refractivity contribution < 1.29 is 19.1 Å². The normalized spacial score (nSPS) is 12.4. The molecule has 8 nitrogen and oxygen atoms in total. The number of ether oxygens (including phenoxy) is 2. The maximum absolute atomic E-state index is 12.3. The van der Waals surface area contributed by atoms with E-state index in [1.54, 1.807) is 30.4 Å². The molecule has 4 rings (SSSR count). The summed E-state index contributed by atoms with van der Waals surface area (Å²) in [6, 6.07) is 16.6. The van der Waals surface area contributed by atoms with Crippen molar-refractivity contribution in [2.24, 2.45) is 0 Å². The Kier molecular flexibility index (Phi) is 9.34. The van der Waals surface area contributed by atoms with E-state index in [2.05, 4.69) is 76.4 Å². The number of benzene rings is 2. The van der Waals surface area contributed by atoms with Gasteiger partial charge in [-0.05, 0) is 75.6 Å². The van der Waals surface area contributed by atoms with Crippen molar-refractivity contribution >= 4 is 29.1 Å². The van der Waals surface area contributed by atoms with Gasteiger partial charge in [0.2, 0.25) is 0 Å². The molecule has 0 spiro atoms. The Morgan fingerprint density at radius 3 is 2.34 bits per heavy atom. The lowest BCUT2D eigenvalue weighted by molar-refractivity contribution is 0.0224. The highest BCUT2D eigenvalue weighted by Gasteiger charge is 2.26. The van der Waals surface area contributed by atoms with Gasteiger partial charge in [0.1, 0.15) is 5.60 Å². The van der Waals surface area contributed by atoms with Crippen LogP contribution >= 0.6 is 0 Å². The van der Waals surface area contributed by atoms with Gasteiger partial charge < -0.3 is 24.6 Å². The second kappa shape index (κ2) is 12.4. The molecule has 1 aliphatic rings. The van der Waals surface area contributed by atoms with Crippen LogP contribution in [0.1, 0.15) is 47.8 Å². The molecular weight excluding hydrogens is 480 g/mol. The zero-order valence-electron chi connectivity index (χ0n) is 23.4. The molecule has 1 aromatic heterocycles. The largest absolute Gasteiger partial charge is 0.465 e. The van der Waals surface area contributed by atoms with Gasteiger partial charge in [0.05, 0.1) is 24.6 Å². The summed E-state index contributed by atoms with van der Waals surface area (Å²) in [5.41, 5.74) is 6.80. The molecule has 38 heavy (non-hydrogen) atoms. The Morgan fingerprint density at radius 1 is 1.03 bits per heavy atom. The van der Waals surface area contributed by atoms with Crippen LogP contribution < -0.4 is 10.2 Å². The topological polar surface area (TPSA) is 84.0 Å². The van der Waals surface area contributed by atoms with Crippen molar-refractivity contribution in [3.63, 3.8) is 0 Å². The van der Waals surface area contributed by atoms with Crippen LogP contribution in [0.5, 0.6) is 0 Å². The van der Waals surface area contributed by atoms with Crippen molar-refractivity contribution in [3.05, 3.63) is 83.2 Å². The molecule has 0 saturated carbocycles. The van der Waals surface area contributed by atoms with E-state index < -0.39 is 5.60 Å². The minimum atomic E-state index is -0.460. The van der Waals surface area contributed by atoms with Gasteiger partial charge in [0, 0.05) is 44.8 Å². The van der Waals surface area contributed by atoms with Crippen molar-refractivity contribution in [1.29, 1.82) is 0 Å². The van der Waals surface area contributed by atoms with Crippen LogP contribution in [0.4, 0.5) is 21.9 Å². The zero-order chi connectivity index (χ0) is 27.9. The monoisotopic (exact) mass is 518 g/mol. The fourth-order valence-corrected chi connectivity index (χ4v) is 4.03. The minimum absolute atomic E-state index is 0.232. The molecule has 202 valence electrons. The van der Waals surface area contributed by atoms with Crippen LogP contribution in [0.3, 0.4) is 0 Å². The molecule has 0 bridgehead atoms. The maximum Gasteiger partial charge on any atom is 0.410 e. The molecule has 1 N–H and O–H groups in total. The Balaban J connectivity index is 0.000000279. The predicted molar refractivity (Wildman–Crippen MR) is 151 cm³/mol. The molecule has 0 atom stereocenters. The number of hydrogen-bond acceptors (Lipinski definition) is 7. The summed E-state index contributed by atoms with van der Waals surface area (Å²) < 4.78 is 10.1. The highest BCUT2D eigenvalue weighted by Crippen LogP contribution is 2.29. The Hall–Kier alpha value is -4.07. The average molecular weight is 519 g/mol. The number of carbonyl (C=O) groups excluding carboxylic acids is 2. The Labute approximate surface area is 225 Å². The van der Waals surface area contributed by atoms with E-state index in [1.165, 1.54) is 35.2 Å². The van der Waals surface area contributed by atoms with Crippen molar-refractivity contribution in [2.45, 2.75) is 46.3 Å². The summed E-state index contributed by atoms with van der Waals surface area (Å²) in [5.74, 6) is -0.359. The number of aryl methyl sites for hydroxylation is 1. The van der Waals surface area contributed by atoms with E-state index >= 15 is 0 Å². The third-order valence-corrected chi connectivity index (χ3v) is 6.16. The number of amides is 1. The SMILES string of the molecule is CNc1cnccc1C(=O)OC.Cc1ccc(N(C)c2ccc3c(c2)CCN(C(=O)OC(C)(C)C)C3)cc1. The van der Waals surface area contributed by atoms with E-state index in [1.807, 2.05) is 20.8 Å². The van der Waals surface area contributed by atoms with Gasteiger partial charge in [-0.15, -0.1) is 0 Å². The predicted octanol–water partition coefficient (Wildman–Crippen LogP) is 5.97. The number of nitrogens with zero attached hydrogens (tertiary/aromatic N) is 3. The maximum atomic E-state index is 12.3. The van der Waals surface area contributed by atoms with E-state index in [9.17, 15) is 9.59 Å². The van der Waals surface area contributed by atoms with Crippen molar-refractivity contribution in [2.75, 3.05) is 38.0 Å². The lowest BCUT2D eigenvalue weighted by Crippen LogP contribution is -2.39. The van der Waals surface area contributed by atoms with E-state index in [-0.39, 0.29) is 12.1 Å². The fourth-order valence-electron chi connectivity index (χ4n) is 4.03. The second-order valence-electron chi connectivity index (χ2n) is 10.2. The van der Waals surface area contributed by atoms with Crippen LogP contribution in [0.25, 0.3) is 0 Å². The van der Waals surface area contributed by atoms with Crippen LogP contribution in [-0.4, -0.2) is 55.3 Å². The van der Waals surface area contributed by atoms with Gasteiger partial charge >= 0.3 is 12.1 Å². The van der Waals surface area contributed by atoms with Gasteiger partial charge in [-0.2, -0.15) is 0 Å². The number of esters is 1. The zero-order valence-corrected chi connectivity index (χ0v) is 23.4. The second-order valence-corrected chi connectivity index (χ2v) is 10.2. The molecule has 2 aromatic carbocycles. The van der Waals surface area contributed by atoms with Gasteiger partial charge in [-0.25, -0.2) is 9.59 Å². The summed E-state index contributed by atoms with van der Waals surface area (Å²) in [6.45, 7) is 9.10. The van der Waals surface area contributed by atoms with Crippen LogP contribution in [-0.2, 0) is 22.4 Å². The lowest BCUT2D eigenvalue weighted by Gasteiger charge is -2.32. The summed E-state index contributed by atoms with van der Waals surface area (Å²) in [5, 5.41) is 2.85. The number of methoxy groups -OCH3 is 1. The van der Waals surface area contributed by atoms with E-state index in [0.29, 0.717) is 24.3 Å². The number of pyridine rings is 1. The van der Waals surface area contributed by atoms with E-state index in [4.69, 9.17) is 4.74 Å². The highest BCUT2D eigenvalue weighted by atomic mass is 16.6. The minimum Gasteiger partial charge on any atom is -0.465 e. The van der Waals surface area contributed by atoms with Crippen LogP contribution in [0, 0.1) is 6.92 Å². The molecule has 0 radical (unpaired) electrons. The number of fused-ring (bicyclic) bond motifs is 1. The van der Waals surface area contributed by atoms with Gasteiger partial charge in [0.25, 0.3) is 0 Å². The van der Waals surface area contributed by atoms with Crippen molar-refractivity contribution in [1.82, 2.24) is 9.88 Å². The molecule has 0 fully saturated rings. The number of nitrogens with one attached hydrogen (secondary N) is 1. The summed E-state index contributed by atoms with van der Waals surface area (Å²) in [4.78, 5) is 31.3. The van der Waals surface area contributed by atoms with Crippen molar-refractivity contribution in [3.8, 4) is 0 Å². The average Bonchev–Trinajstić information content (AvgIpc) is 2.91. The van der Waals surface area contributed by atoms with Crippen LogP contribution in [0.15, 0.2) is 60.9 Å². The quantitative estimate of drug-likeness (QED) is 0.426. The molecule has 1 amide bonds. The summed E-state index contributed by atoms with van der Waals surface area (Å²) in [7, 11) is 5.16. The lowest BCUT2D eigenvalue weighted by atomic mass is 9.99. The summed E-state index contributed by atoms with van der Waals surface area (Å²) >= 11 is 0. The molecule has 0 aliphatic carbocycles. The Bertz CT molecular complexity index is 1250. The molecule has 3 aromatic rings. The van der Waals surface area contributed by atoms with Crippen LogP contribution in [0.2, 0.25) is 0 Å². The first-order valence-corrected chi connectivity index (χ1v) is 12.6. The highest BCUT2D eigenvalue weighted by molar-refractivity contribution is 5.95. The fraction of sp³-hybridized carbons (Fsp3) is 0.367. The molecule has 8 heteroatoms. The number of hydrogen-bond donors (Lipinski definition) is 1. The van der Waals surface area contributed by atoms with E-state index in [0.717, 1.165) is 6.42 Å². The first-order valence-electron chi connectivity index (χ1n) is 12.6. The molecule has 2 heterocycles. The molecule has 1 aliphatic heterocycles. The number of aromatic nitrogens is 1. The Morgan fingerprint density at radius 2 is 1.71 bits per heavy atom. The third-order valence-electron chi connectivity index (χ3n) is 6.16. The number of carbonyl (C=O) groups is 2. The number of anilines is 3. The first-order chi connectivity index (χ1) is 18.0. The molecular formula is C30H38N4O4. The standard InChI is InChI=1S/C22H28N2O2.C8H10N2O2/c1-16-6-9-19(10-7-16)23(5)20-11-8-18-15-24(13-12-17(18)14-20)21(25)26-22(2,3)4;1-9-7-5-10-4-3-6(7)8(11)12-2/h6-11,14H,12-13,15H2,1-5H3;3-5,9H,1-2H3.